The number of carbonyl (C=O) groups is 3. The molecule has 2 fully saturated rings. The summed E-state index contributed by atoms with van der Waals surface area (Å²) in [5.41, 5.74) is -0.205. The molecule has 128 valence electrons. The third-order valence-electron chi connectivity index (χ3n) is 4.93. The van der Waals surface area contributed by atoms with Gasteiger partial charge in [-0.15, -0.1) is 0 Å². The van der Waals surface area contributed by atoms with Gasteiger partial charge in [-0.25, -0.2) is 4.79 Å². The molecule has 0 radical (unpaired) electrons. The minimum atomic E-state index is -0.826. The SMILES string of the molecule is C[C@H]1CCCC[C@]12NC(=O)N(CC(=O)Nc1ccc(Br)cc1)C2=O. The lowest BCUT2D eigenvalue weighted by molar-refractivity contribution is -0.136. The van der Waals surface area contributed by atoms with Crippen molar-refractivity contribution in [3.8, 4) is 0 Å². The van der Waals surface area contributed by atoms with Gasteiger partial charge in [-0.1, -0.05) is 35.7 Å². The van der Waals surface area contributed by atoms with Gasteiger partial charge >= 0.3 is 6.03 Å². The summed E-state index contributed by atoms with van der Waals surface area (Å²) in [6.45, 7) is 1.72. The molecule has 4 amide bonds. The first kappa shape index (κ1) is 17.0. The Morgan fingerprint density at radius 1 is 1.33 bits per heavy atom. The first-order valence-electron chi connectivity index (χ1n) is 8.12. The summed E-state index contributed by atoms with van der Waals surface area (Å²) in [7, 11) is 0. The lowest BCUT2D eigenvalue weighted by Gasteiger charge is -2.36. The van der Waals surface area contributed by atoms with Crippen molar-refractivity contribution in [2.75, 3.05) is 11.9 Å². The Hall–Kier alpha value is -1.89. The van der Waals surface area contributed by atoms with Crippen LogP contribution in [0.5, 0.6) is 0 Å². The number of nitrogens with one attached hydrogen (secondary N) is 2. The molecule has 1 heterocycles. The standard InChI is InChI=1S/C17H20BrN3O3/c1-11-4-2-3-9-17(11)15(23)21(16(24)20-17)10-14(22)19-13-7-5-12(18)6-8-13/h5-8,11H,2-4,9-10H2,1H3,(H,19,22)(H,20,24)/t11-,17-/m0/s1. The first-order valence-corrected chi connectivity index (χ1v) is 8.91. The molecule has 1 aromatic rings. The summed E-state index contributed by atoms with van der Waals surface area (Å²) in [5.74, 6) is -0.575. The average molecular weight is 394 g/mol. The first-order chi connectivity index (χ1) is 11.4. The zero-order valence-corrected chi connectivity index (χ0v) is 15.1. The Kier molecular flexibility index (Phi) is 4.62. The van der Waals surface area contributed by atoms with Gasteiger partial charge in [0.15, 0.2) is 0 Å². The largest absolute Gasteiger partial charge is 0.325 e. The number of imide groups is 1. The Morgan fingerprint density at radius 2 is 2.04 bits per heavy atom. The molecule has 0 bridgehead atoms. The van der Waals surface area contributed by atoms with Crippen molar-refractivity contribution < 1.29 is 14.4 Å². The van der Waals surface area contributed by atoms with Crippen LogP contribution in [0.2, 0.25) is 0 Å². The van der Waals surface area contributed by atoms with Crippen LogP contribution in [-0.4, -0.2) is 34.8 Å². The second kappa shape index (κ2) is 6.55. The molecule has 1 saturated heterocycles. The maximum Gasteiger partial charge on any atom is 0.325 e. The topological polar surface area (TPSA) is 78.5 Å². The minimum absolute atomic E-state index is 0.0854. The van der Waals surface area contributed by atoms with Crippen molar-refractivity contribution in [1.82, 2.24) is 10.2 Å². The number of amides is 4. The highest BCUT2D eigenvalue weighted by molar-refractivity contribution is 9.10. The molecule has 7 heteroatoms. The fourth-order valence-corrected chi connectivity index (χ4v) is 3.78. The van der Waals surface area contributed by atoms with E-state index in [-0.39, 0.29) is 24.3 Å². The van der Waals surface area contributed by atoms with Crippen molar-refractivity contribution in [2.45, 2.75) is 38.1 Å². The van der Waals surface area contributed by atoms with Crippen LogP contribution >= 0.6 is 15.9 Å². The van der Waals surface area contributed by atoms with Gasteiger partial charge in [0.05, 0.1) is 0 Å². The van der Waals surface area contributed by atoms with E-state index in [0.29, 0.717) is 12.1 Å². The van der Waals surface area contributed by atoms with Gasteiger partial charge < -0.3 is 10.6 Å². The molecular formula is C17H20BrN3O3. The number of anilines is 1. The lowest BCUT2D eigenvalue weighted by Crippen LogP contribution is -2.54. The number of benzene rings is 1. The smallest absolute Gasteiger partial charge is 0.325 e. The third-order valence-corrected chi connectivity index (χ3v) is 5.46. The van der Waals surface area contributed by atoms with Crippen molar-refractivity contribution >= 4 is 39.5 Å². The molecule has 24 heavy (non-hydrogen) atoms. The molecular weight excluding hydrogens is 374 g/mol. The van der Waals surface area contributed by atoms with Crippen LogP contribution in [-0.2, 0) is 9.59 Å². The van der Waals surface area contributed by atoms with Gasteiger partial charge in [-0.3, -0.25) is 14.5 Å². The van der Waals surface area contributed by atoms with E-state index in [9.17, 15) is 14.4 Å². The second-order valence-electron chi connectivity index (χ2n) is 6.49. The number of nitrogens with zero attached hydrogens (tertiary/aromatic N) is 1. The van der Waals surface area contributed by atoms with Crippen molar-refractivity contribution in [3.63, 3.8) is 0 Å². The van der Waals surface area contributed by atoms with Gasteiger partial charge in [-0.2, -0.15) is 0 Å². The fraction of sp³-hybridized carbons (Fsp3) is 0.471. The van der Waals surface area contributed by atoms with E-state index >= 15 is 0 Å². The Morgan fingerprint density at radius 3 is 2.71 bits per heavy atom. The van der Waals surface area contributed by atoms with E-state index in [2.05, 4.69) is 26.6 Å². The maximum absolute atomic E-state index is 12.8. The summed E-state index contributed by atoms with van der Waals surface area (Å²) in [5, 5.41) is 5.55. The molecule has 6 nitrogen and oxygen atoms in total. The summed E-state index contributed by atoms with van der Waals surface area (Å²) in [6.07, 6.45) is 3.53. The number of urea groups is 1. The van der Waals surface area contributed by atoms with Gasteiger partial charge in [-0.05, 0) is 43.0 Å². The monoisotopic (exact) mass is 393 g/mol. The third kappa shape index (κ3) is 3.05. The molecule has 3 rings (SSSR count). The predicted octanol–water partition coefficient (Wildman–Crippen LogP) is 2.89. The van der Waals surface area contributed by atoms with Gasteiger partial charge in [0.25, 0.3) is 5.91 Å². The molecule has 0 unspecified atom stereocenters. The second-order valence-corrected chi connectivity index (χ2v) is 7.41. The van der Waals surface area contributed by atoms with Crippen molar-refractivity contribution in [1.29, 1.82) is 0 Å². The Bertz CT molecular complexity index is 676. The summed E-state index contributed by atoms with van der Waals surface area (Å²) >= 11 is 3.33. The summed E-state index contributed by atoms with van der Waals surface area (Å²) in [4.78, 5) is 38.3. The highest BCUT2D eigenvalue weighted by atomic mass is 79.9. The van der Waals surface area contributed by atoms with E-state index in [1.165, 1.54) is 0 Å². The number of hydrogen-bond acceptors (Lipinski definition) is 3. The van der Waals surface area contributed by atoms with E-state index in [0.717, 1.165) is 28.6 Å². The number of hydrogen-bond donors (Lipinski definition) is 2. The predicted molar refractivity (Wildman–Crippen MR) is 93.4 cm³/mol. The molecule has 0 aromatic heterocycles. The van der Waals surface area contributed by atoms with E-state index in [1.54, 1.807) is 12.1 Å². The molecule has 1 spiro atoms. The van der Waals surface area contributed by atoms with Gasteiger partial charge in [0, 0.05) is 10.2 Å². The molecule has 2 atom stereocenters. The van der Waals surface area contributed by atoms with Crippen molar-refractivity contribution in [3.05, 3.63) is 28.7 Å². The maximum atomic E-state index is 12.8. The zero-order chi connectivity index (χ0) is 17.3. The number of carbonyl (C=O) groups excluding carboxylic acids is 3. The van der Waals surface area contributed by atoms with E-state index in [4.69, 9.17) is 0 Å². The van der Waals surface area contributed by atoms with Crippen LogP contribution < -0.4 is 10.6 Å². The van der Waals surface area contributed by atoms with E-state index in [1.807, 2.05) is 19.1 Å². The average Bonchev–Trinajstić information content (AvgIpc) is 2.78. The Balaban J connectivity index is 1.68. The van der Waals surface area contributed by atoms with Gasteiger partial charge in [0.2, 0.25) is 5.91 Å². The van der Waals surface area contributed by atoms with Gasteiger partial charge in [0.1, 0.15) is 12.1 Å². The molecule has 1 aliphatic heterocycles. The molecule has 2 aliphatic rings. The van der Waals surface area contributed by atoms with Crippen LogP contribution in [0, 0.1) is 5.92 Å². The van der Waals surface area contributed by atoms with Crippen LogP contribution in [0.25, 0.3) is 0 Å². The van der Waals surface area contributed by atoms with Crippen LogP contribution in [0.15, 0.2) is 28.7 Å². The van der Waals surface area contributed by atoms with Crippen molar-refractivity contribution in [2.24, 2.45) is 5.92 Å². The molecule has 1 aromatic carbocycles. The molecule has 2 N–H and O–H groups in total. The van der Waals surface area contributed by atoms with Crippen LogP contribution in [0.3, 0.4) is 0 Å². The summed E-state index contributed by atoms with van der Waals surface area (Å²) in [6, 6.07) is 6.64. The van der Waals surface area contributed by atoms with E-state index < -0.39 is 11.6 Å². The minimum Gasteiger partial charge on any atom is -0.325 e. The molecule has 1 aliphatic carbocycles. The zero-order valence-electron chi connectivity index (χ0n) is 13.5. The Labute approximate surface area is 149 Å². The quantitative estimate of drug-likeness (QED) is 0.774. The summed E-state index contributed by atoms with van der Waals surface area (Å²) < 4.78 is 0.905. The highest BCUT2D eigenvalue weighted by Gasteiger charge is 2.55. The lowest BCUT2D eigenvalue weighted by atomic mass is 9.73. The van der Waals surface area contributed by atoms with Crippen LogP contribution in [0.4, 0.5) is 10.5 Å². The molecule has 1 saturated carbocycles. The fourth-order valence-electron chi connectivity index (χ4n) is 3.52. The number of halogens is 1. The highest BCUT2D eigenvalue weighted by Crippen LogP contribution is 2.38. The normalized spacial score (nSPS) is 26.6. The number of rotatable bonds is 3. The van der Waals surface area contributed by atoms with Crippen LogP contribution in [0.1, 0.15) is 32.6 Å².